The highest BCUT2D eigenvalue weighted by Crippen LogP contribution is 2.62. The van der Waals surface area contributed by atoms with Crippen molar-refractivity contribution < 1.29 is 35.3 Å². The van der Waals surface area contributed by atoms with E-state index in [1.807, 2.05) is 0 Å². The van der Waals surface area contributed by atoms with Gasteiger partial charge in [0, 0.05) is 5.56 Å². The lowest BCUT2D eigenvalue weighted by Crippen LogP contribution is -2.48. The molecule has 0 unspecified atom stereocenters. The molecule has 4 aliphatic rings. The van der Waals surface area contributed by atoms with Gasteiger partial charge in [-0.15, -0.1) is 0 Å². The third-order valence-electron chi connectivity index (χ3n) is 6.49. The molecule has 9 heteroatoms. The van der Waals surface area contributed by atoms with Crippen LogP contribution in [0.15, 0.2) is 18.2 Å². The van der Waals surface area contributed by atoms with Crippen molar-refractivity contribution in [2.45, 2.75) is 49.4 Å². The van der Waals surface area contributed by atoms with Gasteiger partial charge in [-0.2, -0.15) is 21.6 Å². The molecule has 0 saturated heterocycles. The van der Waals surface area contributed by atoms with Crippen LogP contribution in [-0.2, 0) is 20.3 Å². The Labute approximate surface area is 161 Å². The summed E-state index contributed by atoms with van der Waals surface area (Å²) in [6.45, 7) is 0. The standard InChI is InChI=1S/C19H21F3O5S/c1-26-17(23)14-2-3-16(27-28(24,25)19(20,21)22)15(7-14)18-8-11-4-12(9-18)6-13(5-11)10-18/h2-3,7,11-13H,4-6,8-10H2,1H3. The first-order valence-corrected chi connectivity index (χ1v) is 10.7. The third kappa shape index (κ3) is 3.17. The zero-order valence-corrected chi connectivity index (χ0v) is 16.1. The van der Waals surface area contributed by atoms with Crippen LogP contribution < -0.4 is 4.18 Å². The number of esters is 1. The summed E-state index contributed by atoms with van der Waals surface area (Å²) in [6.07, 6.45) is 5.62. The number of carbonyl (C=O) groups excluding carboxylic acids is 1. The van der Waals surface area contributed by atoms with Crippen LogP contribution in [0.2, 0.25) is 0 Å². The maximum Gasteiger partial charge on any atom is 0.534 e. The van der Waals surface area contributed by atoms with Gasteiger partial charge in [0.05, 0.1) is 12.7 Å². The van der Waals surface area contributed by atoms with Crippen LogP contribution in [0, 0.1) is 17.8 Å². The van der Waals surface area contributed by atoms with Crippen LogP contribution in [0.1, 0.15) is 54.4 Å². The van der Waals surface area contributed by atoms with Crippen molar-refractivity contribution in [2.24, 2.45) is 17.8 Å². The Hall–Kier alpha value is -1.77. The molecule has 154 valence electrons. The number of benzene rings is 1. The smallest absolute Gasteiger partial charge is 0.465 e. The van der Waals surface area contributed by atoms with Crippen molar-refractivity contribution in [1.82, 2.24) is 0 Å². The number of alkyl halides is 3. The molecule has 4 bridgehead atoms. The average Bonchev–Trinajstić information content (AvgIpc) is 2.59. The average molecular weight is 418 g/mol. The number of rotatable bonds is 4. The minimum absolute atomic E-state index is 0.171. The van der Waals surface area contributed by atoms with Gasteiger partial charge in [-0.1, -0.05) is 0 Å². The minimum Gasteiger partial charge on any atom is -0.465 e. The molecular weight excluding hydrogens is 397 g/mol. The summed E-state index contributed by atoms with van der Waals surface area (Å²) in [5, 5.41) is 0. The minimum atomic E-state index is -5.80. The molecule has 4 fully saturated rings. The summed E-state index contributed by atoms with van der Waals surface area (Å²) in [4.78, 5) is 12.0. The molecule has 1 aromatic carbocycles. The van der Waals surface area contributed by atoms with E-state index in [1.54, 1.807) is 0 Å². The van der Waals surface area contributed by atoms with Crippen molar-refractivity contribution in [3.05, 3.63) is 29.3 Å². The Morgan fingerprint density at radius 1 is 1.07 bits per heavy atom. The van der Waals surface area contributed by atoms with Crippen molar-refractivity contribution in [1.29, 1.82) is 0 Å². The Kier molecular flexibility index (Phi) is 4.44. The van der Waals surface area contributed by atoms with E-state index in [0.29, 0.717) is 23.3 Å². The summed E-state index contributed by atoms with van der Waals surface area (Å²) in [6, 6.07) is 3.83. The molecule has 28 heavy (non-hydrogen) atoms. The highest BCUT2D eigenvalue weighted by molar-refractivity contribution is 7.88. The quantitative estimate of drug-likeness (QED) is 0.417. The molecule has 0 radical (unpaired) electrons. The van der Waals surface area contributed by atoms with Crippen molar-refractivity contribution in [3.63, 3.8) is 0 Å². The Balaban J connectivity index is 1.81. The predicted molar refractivity (Wildman–Crippen MR) is 93.2 cm³/mol. The summed E-state index contributed by atoms with van der Waals surface area (Å²) in [5.74, 6) is 0.448. The Morgan fingerprint density at radius 2 is 1.61 bits per heavy atom. The second kappa shape index (κ2) is 6.37. The molecule has 5 nitrogen and oxygen atoms in total. The molecule has 0 aromatic heterocycles. The van der Waals surface area contributed by atoms with Gasteiger partial charge in [-0.05, 0) is 79.9 Å². The fourth-order valence-electron chi connectivity index (χ4n) is 5.87. The van der Waals surface area contributed by atoms with Crippen LogP contribution in [0.25, 0.3) is 0 Å². The van der Waals surface area contributed by atoms with Crippen molar-refractivity contribution in [2.75, 3.05) is 7.11 Å². The number of hydrogen-bond donors (Lipinski definition) is 0. The largest absolute Gasteiger partial charge is 0.534 e. The number of halogens is 3. The van der Waals surface area contributed by atoms with E-state index in [0.717, 1.165) is 44.6 Å². The maximum atomic E-state index is 12.9. The van der Waals surface area contributed by atoms with Crippen LogP contribution in [0.3, 0.4) is 0 Å². The number of ether oxygens (including phenoxy) is 1. The third-order valence-corrected chi connectivity index (χ3v) is 7.46. The molecule has 0 atom stereocenters. The molecule has 0 spiro atoms. The van der Waals surface area contributed by atoms with Gasteiger partial charge in [0.25, 0.3) is 0 Å². The topological polar surface area (TPSA) is 69.7 Å². The molecule has 5 rings (SSSR count). The van der Waals surface area contributed by atoms with Gasteiger partial charge in [-0.25, -0.2) is 4.79 Å². The fourth-order valence-corrected chi connectivity index (χ4v) is 6.34. The summed E-state index contributed by atoms with van der Waals surface area (Å²) in [7, 11) is -4.59. The van der Waals surface area contributed by atoms with E-state index in [4.69, 9.17) is 4.74 Å². The lowest BCUT2D eigenvalue weighted by molar-refractivity contribution is -0.0502. The monoisotopic (exact) mass is 418 g/mol. The summed E-state index contributed by atoms with van der Waals surface area (Å²) in [5.41, 5.74) is -5.44. The lowest BCUT2D eigenvalue weighted by atomic mass is 9.48. The highest BCUT2D eigenvalue weighted by Gasteiger charge is 2.54. The van der Waals surface area contributed by atoms with Gasteiger partial charge in [-0.3, -0.25) is 0 Å². The second-order valence-electron chi connectivity index (χ2n) is 8.38. The SMILES string of the molecule is COC(=O)c1ccc(OS(=O)(=O)C(F)(F)F)c(C23CC4CC(CC(C4)C2)C3)c1. The van der Waals surface area contributed by atoms with Gasteiger partial charge in [0.15, 0.2) is 0 Å². The van der Waals surface area contributed by atoms with Crippen LogP contribution in [-0.4, -0.2) is 27.0 Å². The molecule has 0 amide bonds. The van der Waals surface area contributed by atoms with Gasteiger partial charge in [0.2, 0.25) is 0 Å². The molecule has 4 saturated carbocycles. The zero-order valence-electron chi connectivity index (χ0n) is 15.3. The first-order valence-electron chi connectivity index (χ1n) is 9.26. The van der Waals surface area contributed by atoms with Crippen LogP contribution in [0.4, 0.5) is 13.2 Å². The van der Waals surface area contributed by atoms with Crippen LogP contribution in [0.5, 0.6) is 5.75 Å². The maximum absolute atomic E-state index is 12.9. The first-order chi connectivity index (χ1) is 13.0. The summed E-state index contributed by atoms with van der Waals surface area (Å²) < 4.78 is 71.2. The molecule has 0 N–H and O–H groups in total. The van der Waals surface area contributed by atoms with E-state index in [1.165, 1.54) is 19.2 Å². The highest BCUT2D eigenvalue weighted by atomic mass is 32.2. The first kappa shape index (κ1) is 19.5. The van der Waals surface area contributed by atoms with E-state index in [-0.39, 0.29) is 11.3 Å². The molecular formula is C19H21F3O5S. The fraction of sp³-hybridized carbons (Fsp3) is 0.632. The summed E-state index contributed by atoms with van der Waals surface area (Å²) >= 11 is 0. The molecule has 0 heterocycles. The lowest BCUT2D eigenvalue weighted by Gasteiger charge is -2.57. The Morgan fingerprint density at radius 3 is 2.07 bits per heavy atom. The van der Waals surface area contributed by atoms with Crippen molar-refractivity contribution in [3.8, 4) is 5.75 Å². The van der Waals surface area contributed by atoms with Gasteiger partial charge < -0.3 is 8.92 Å². The normalized spacial score (nSPS) is 31.6. The van der Waals surface area contributed by atoms with E-state index >= 15 is 0 Å². The van der Waals surface area contributed by atoms with Crippen molar-refractivity contribution >= 4 is 16.1 Å². The number of carbonyl (C=O) groups is 1. The molecule has 1 aromatic rings. The second-order valence-corrected chi connectivity index (χ2v) is 9.92. The Bertz CT molecular complexity index is 871. The molecule has 0 aliphatic heterocycles. The number of hydrogen-bond acceptors (Lipinski definition) is 5. The van der Waals surface area contributed by atoms with E-state index < -0.39 is 27.0 Å². The van der Waals surface area contributed by atoms with E-state index in [2.05, 4.69) is 4.18 Å². The molecule has 4 aliphatic carbocycles. The van der Waals surface area contributed by atoms with Crippen LogP contribution >= 0.6 is 0 Å². The predicted octanol–water partition coefficient (Wildman–Crippen LogP) is 4.17. The van der Waals surface area contributed by atoms with Gasteiger partial charge >= 0.3 is 21.6 Å². The number of methoxy groups -OCH3 is 1. The van der Waals surface area contributed by atoms with Gasteiger partial charge in [0.1, 0.15) is 5.75 Å². The zero-order chi connectivity index (χ0) is 20.3. The van der Waals surface area contributed by atoms with E-state index in [9.17, 15) is 26.4 Å².